The van der Waals surface area contributed by atoms with Crippen molar-refractivity contribution in [3.05, 3.63) is 29.8 Å². The second-order valence-electron chi connectivity index (χ2n) is 5.15. The summed E-state index contributed by atoms with van der Waals surface area (Å²) in [7, 11) is 0. The first-order valence-electron chi connectivity index (χ1n) is 7.07. The summed E-state index contributed by atoms with van der Waals surface area (Å²) in [5.41, 5.74) is -0.689. The molecule has 0 bridgehead atoms. The summed E-state index contributed by atoms with van der Waals surface area (Å²) in [4.78, 5) is 0. The molecule has 2 nitrogen and oxygen atoms in total. The maximum atomic E-state index is 12.9. The summed E-state index contributed by atoms with van der Waals surface area (Å²) in [6.45, 7) is 2.90. The Labute approximate surface area is 117 Å². The average Bonchev–Trinajstić information content (AvgIpc) is 2.39. The zero-order valence-electron chi connectivity index (χ0n) is 11.5. The number of ether oxygens (including phenoxy) is 1. The molecular weight excluding hydrogens is 267 g/mol. The lowest BCUT2D eigenvalue weighted by Crippen LogP contribution is -2.38. The quantitative estimate of drug-likeness (QED) is 0.903. The molecule has 2 rings (SSSR count). The van der Waals surface area contributed by atoms with Crippen LogP contribution in [-0.4, -0.2) is 18.7 Å². The number of benzene rings is 1. The molecule has 1 aromatic rings. The van der Waals surface area contributed by atoms with E-state index in [0.717, 1.165) is 38.3 Å². The third-order valence-electron chi connectivity index (χ3n) is 3.60. The molecule has 1 N–H and O–H groups in total. The van der Waals surface area contributed by atoms with Gasteiger partial charge in [0.1, 0.15) is 11.9 Å². The molecule has 1 aliphatic rings. The van der Waals surface area contributed by atoms with Gasteiger partial charge in [-0.15, -0.1) is 0 Å². The van der Waals surface area contributed by atoms with Gasteiger partial charge in [0.25, 0.3) is 0 Å². The lowest BCUT2D eigenvalue weighted by molar-refractivity contribution is -0.139. The van der Waals surface area contributed by atoms with Gasteiger partial charge in [-0.1, -0.05) is 19.1 Å². The Balaban J connectivity index is 2.06. The summed E-state index contributed by atoms with van der Waals surface area (Å²) < 4.78 is 44.4. The second-order valence-corrected chi connectivity index (χ2v) is 5.15. The topological polar surface area (TPSA) is 21.3 Å². The zero-order chi connectivity index (χ0) is 14.6. The molecule has 1 fully saturated rings. The van der Waals surface area contributed by atoms with Crippen molar-refractivity contribution < 1.29 is 17.9 Å². The monoisotopic (exact) mass is 287 g/mol. The number of nitrogens with one attached hydrogen (secondary N) is 1. The molecule has 5 heteroatoms. The molecule has 0 radical (unpaired) electrons. The number of hydrogen-bond acceptors (Lipinski definition) is 2. The normalized spacial score (nSPS) is 23.6. The van der Waals surface area contributed by atoms with Crippen LogP contribution in [0.4, 0.5) is 13.2 Å². The Hall–Kier alpha value is -1.23. The van der Waals surface area contributed by atoms with Gasteiger partial charge < -0.3 is 10.1 Å². The molecule has 1 saturated carbocycles. The summed E-state index contributed by atoms with van der Waals surface area (Å²) in [6.07, 6.45) is -0.887. The van der Waals surface area contributed by atoms with Gasteiger partial charge in [0.2, 0.25) is 0 Å². The minimum absolute atomic E-state index is 0.0536. The standard InChI is InChI=1S/C15H20F3NO/c1-2-19-11-6-5-7-12(10-11)20-14-9-4-3-8-13(14)15(16,17)18/h3-4,8-9,11-12,19H,2,5-7,10H2,1H3. The van der Waals surface area contributed by atoms with Crippen LogP contribution in [0.3, 0.4) is 0 Å². The first-order valence-corrected chi connectivity index (χ1v) is 7.07. The Morgan fingerprint density at radius 2 is 2.00 bits per heavy atom. The number of hydrogen-bond donors (Lipinski definition) is 1. The number of alkyl halides is 3. The van der Waals surface area contributed by atoms with Gasteiger partial charge in [0.05, 0.1) is 5.56 Å². The third kappa shape index (κ3) is 3.88. The Kier molecular flexibility index (Phi) is 4.91. The largest absolute Gasteiger partial charge is 0.490 e. The van der Waals surface area contributed by atoms with Crippen LogP contribution < -0.4 is 10.1 Å². The van der Waals surface area contributed by atoms with Crippen molar-refractivity contribution in [3.8, 4) is 5.75 Å². The minimum atomic E-state index is -4.37. The third-order valence-corrected chi connectivity index (χ3v) is 3.60. The lowest BCUT2D eigenvalue weighted by atomic mass is 9.92. The fourth-order valence-corrected chi connectivity index (χ4v) is 2.71. The van der Waals surface area contributed by atoms with E-state index in [-0.39, 0.29) is 11.9 Å². The van der Waals surface area contributed by atoms with E-state index in [1.165, 1.54) is 12.1 Å². The minimum Gasteiger partial charge on any atom is -0.490 e. The zero-order valence-corrected chi connectivity index (χ0v) is 11.5. The molecule has 0 aromatic heterocycles. The molecule has 112 valence electrons. The highest BCUT2D eigenvalue weighted by atomic mass is 19.4. The van der Waals surface area contributed by atoms with Gasteiger partial charge in [-0.05, 0) is 44.4 Å². The van der Waals surface area contributed by atoms with Gasteiger partial charge in [-0.25, -0.2) is 0 Å². The van der Waals surface area contributed by atoms with Crippen molar-refractivity contribution in [2.24, 2.45) is 0 Å². The van der Waals surface area contributed by atoms with Crippen molar-refractivity contribution >= 4 is 0 Å². The number of para-hydroxylation sites is 1. The van der Waals surface area contributed by atoms with E-state index in [1.807, 2.05) is 6.92 Å². The second kappa shape index (κ2) is 6.48. The summed E-state index contributed by atoms with van der Waals surface area (Å²) in [5.74, 6) is -0.0536. The van der Waals surface area contributed by atoms with Crippen LogP contribution in [0.2, 0.25) is 0 Å². The molecule has 0 amide bonds. The van der Waals surface area contributed by atoms with Crippen LogP contribution in [0.1, 0.15) is 38.2 Å². The van der Waals surface area contributed by atoms with Crippen LogP contribution >= 0.6 is 0 Å². The van der Waals surface area contributed by atoms with E-state index in [2.05, 4.69) is 5.32 Å². The van der Waals surface area contributed by atoms with E-state index in [9.17, 15) is 13.2 Å². The van der Waals surface area contributed by atoms with Crippen LogP contribution in [0.15, 0.2) is 24.3 Å². The van der Waals surface area contributed by atoms with Gasteiger partial charge >= 0.3 is 6.18 Å². The fourth-order valence-electron chi connectivity index (χ4n) is 2.71. The Morgan fingerprint density at radius 1 is 1.25 bits per heavy atom. The highest BCUT2D eigenvalue weighted by molar-refractivity contribution is 5.35. The molecule has 0 spiro atoms. The van der Waals surface area contributed by atoms with Crippen LogP contribution in [0.25, 0.3) is 0 Å². The molecule has 0 heterocycles. The maximum Gasteiger partial charge on any atom is 0.419 e. The lowest BCUT2D eigenvalue weighted by Gasteiger charge is -2.30. The molecular formula is C15H20F3NO. The van der Waals surface area contributed by atoms with Crippen molar-refractivity contribution in [1.82, 2.24) is 5.32 Å². The van der Waals surface area contributed by atoms with E-state index in [4.69, 9.17) is 4.74 Å². The van der Waals surface area contributed by atoms with Crippen LogP contribution in [0, 0.1) is 0 Å². The number of halogens is 3. The van der Waals surface area contributed by atoms with Gasteiger partial charge in [-0.2, -0.15) is 13.2 Å². The smallest absolute Gasteiger partial charge is 0.419 e. The highest BCUT2D eigenvalue weighted by Crippen LogP contribution is 2.37. The molecule has 0 aliphatic heterocycles. The first kappa shape index (κ1) is 15.2. The Bertz CT molecular complexity index is 431. The van der Waals surface area contributed by atoms with Gasteiger partial charge in [-0.3, -0.25) is 0 Å². The summed E-state index contributed by atoms with van der Waals surface area (Å²) in [6, 6.07) is 5.78. The first-order chi connectivity index (χ1) is 9.50. The molecule has 1 aromatic carbocycles. The predicted octanol–water partition coefficient (Wildman–Crippen LogP) is 4.00. The van der Waals surface area contributed by atoms with E-state index in [1.54, 1.807) is 6.07 Å². The van der Waals surface area contributed by atoms with Crippen molar-refractivity contribution in [2.75, 3.05) is 6.54 Å². The van der Waals surface area contributed by atoms with Crippen LogP contribution in [0.5, 0.6) is 5.75 Å². The molecule has 0 saturated heterocycles. The molecule has 2 atom stereocenters. The van der Waals surface area contributed by atoms with E-state index in [0.29, 0.717) is 6.04 Å². The van der Waals surface area contributed by atoms with Crippen molar-refractivity contribution in [3.63, 3.8) is 0 Å². The van der Waals surface area contributed by atoms with E-state index < -0.39 is 11.7 Å². The van der Waals surface area contributed by atoms with Crippen molar-refractivity contribution in [1.29, 1.82) is 0 Å². The summed E-state index contributed by atoms with van der Waals surface area (Å²) >= 11 is 0. The fraction of sp³-hybridized carbons (Fsp3) is 0.600. The highest BCUT2D eigenvalue weighted by Gasteiger charge is 2.35. The molecule has 2 unspecified atom stereocenters. The number of rotatable bonds is 4. The van der Waals surface area contributed by atoms with Gasteiger partial charge in [0, 0.05) is 6.04 Å². The van der Waals surface area contributed by atoms with E-state index >= 15 is 0 Å². The van der Waals surface area contributed by atoms with Crippen molar-refractivity contribution in [2.45, 2.75) is 50.9 Å². The Morgan fingerprint density at radius 3 is 2.70 bits per heavy atom. The van der Waals surface area contributed by atoms with Gasteiger partial charge in [0.15, 0.2) is 0 Å². The summed E-state index contributed by atoms with van der Waals surface area (Å²) in [5, 5.41) is 3.34. The predicted molar refractivity (Wildman–Crippen MR) is 71.8 cm³/mol. The molecule has 1 aliphatic carbocycles. The average molecular weight is 287 g/mol. The van der Waals surface area contributed by atoms with Crippen LogP contribution in [-0.2, 0) is 6.18 Å². The maximum absolute atomic E-state index is 12.9. The SMILES string of the molecule is CCNC1CCCC(Oc2ccccc2C(F)(F)F)C1. The molecule has 20 heavy (non-hydrogen) atoms.